The van der Waals surface area contributed by atoms with Crippen LogP contribution in [0.1, 0.15) is 11.4 Å². The van der Waals surface area contributed by atoms with E-state index in [0.717, 1.165) is 11.4 Å². The second kappa shape index (κ2) is 4.87. The standard InChI is InChI=1S/C12H12BrFN2O/c1-8-5-10(16(2)15-8)7-17-12-4-3-9(14)6-11(12)13/h3-6H,7H2,1-2H3. The number of hydrogen-bond donors (Lipinski definition) is 0. The molecule has 0 saturated carbocycles. The molecule has 0 atom stereocenters. The third-order valence-corrected chi connectivity index (χ3v) is 2.99. The molecule has 0 unspecified atom stereocenters. The van der Waals surface area contributed by atoms with E-state index in [2.05, 4.69) is 21.0 Å². The van der Waals surface area contributed by atoms with Crippen LogP contribution in [0.5, 0.6) is 5.75 Å². The van der Waals surface area contributed by atoms with E-state index in [0.29, 0.717) is 16.8 Å². The maximum absolute atomic E-state index is 12.9. The van der Waals surface area contributed by atoms with Crippen molar-refractivity contribution in [2.24, 2.45) is 7.05 Å². The summed E-state index contributed by atoms with van der Waals surface area (Å²) in [5, 5.41) is 4.22. The highest BCUT2D eigenvalue weighted by Gasteiger charge is 2.06. The summed E-state index contributed by atoms with van der Waals surface area (Å²) in [7, 11) is 1.87. The maximum atomic E-state index is 12.9. The van der Waals surface area contributed by atoms with Gasteiger partial charge in [0.2, 0.25) is 0 Å². The molecule has 3 nitrogen and oxygen atoms in total. The predicted octanol–water partition coefficient (Wildman–Crippen LogP) is 3.21. The summed E-state index contributed by atoms with van der Waals surface area (Å²) in [6.45, 7) is 2.33. The Morgan fingerprint density at radius 2 is 2.18 bits per heavy atom. The van der Waals surface area contributed by atoms with Crippen molar-refractivity contribution in [3.8, 4) is 5.75 Å². The molecule has 5 heteroatoms. The van der Waals surface area contributed by atoms with E-state index in [-0.39, 0.29) is 5.82 Å². The summed E-state index contributed by atoms with van der Waals surface area (Å²) in [6.07, 6.45) is 0. The SMILES string of the molecule is Cc1cc(COc2ccc(F)cc2Br)n(C)n1. The molecular weight excluding hydrogens is 287 g/mol. The van der Waals surface area contributed by atoms with Gasteiger partial charge in [-0.1, -0.05) is 0 Å². The largest absolute Gasteiger partial charge is 0.486 e. The molecule has 2 aromatic rings. The average Bonchev–Trinajstić information content (AvgIpc) is 2.56. The van der Waals surface area contributed by atoms with Crippen LogP contribution in [-0.4, -0.2) is 9.78 Å². The van der Waals surface area contributed by atoms with Gasteiger partial charge in [0.25, 0.3) is 0 Å². The number of nitrogens with zero attached hydrogens (tertiary/aromatic N) is 2. The van der Waals surface area contributed by atoms with Gasteiger partial charge in [0.1, 0.15) is 18.2 Å². The van der Waals surface area contributed by atoms with Crippen LogP contribution < -0.4 is 4.74 Å². The molecule has 0 aliphatic carbocycles. The lowest BCUT2D eigenvalue weighted by atomic mass is 10.3. The fraction of sp³-hybridized carbons (Fsp3) is 0.250. The first-order valence-electron chi connectivity index (χ1n) is 5.13. The molecule has 90 valence electrons. The summed E-state index contributed by atoms with van der Waals surface area (Å²) in [5.74, 6) is 0.325. The highest BCUT2D eigenvalue weighted by molar-refractivity contribution is 9.10. The smallest absolute Gasteiger partial charge is 0.134 e. The van der Waals surface area contributed by atoms with Crippen LogP contribution in [0.15, 0.2) is 28.7 Å². The van der Waals surface area contributed by atoms with E-state index < -0.39 is 0 Å². The van der Waals surface area contributed by atoms with Crippen molar-refractivity contribution in [3.63, 3.8) is 0 Å². The molecule has 0 N–H and O–H groups in total. The predicted molar refractivity (Wildman–Crippen MR) is 66.4 cm³/mol. The van der Waals surface area contributed by atoms with Crippen molar-refractivity contribution < 1.29 is 9.13 Å². The summed E-state index contributed by atoms with van der Waals surface area (Å²) >= 11 is 3.26. The summed E-state index contributed by atoms with van der Waals surface area (Å²) in [6, 6.07) is 6.30. The Balaban J connectivity index is 2.10. The monoisotopic (exact) mass is 298 g/mol. The first kappa shape index (κ1) is 12.1. The van der Waals surface area contributed by atoms with Crippen molar-refractivity contribution in [1.29, 1.82) is 0 Å². The zero-order valence-electron chi connectivity index (χ0n) is 9.58. The van der Waals surface area contributed by atoms with Gasteiger partial charge in [0.05, 0.1) is 15.9 Å². The van der Waals surface area contributed by atoms with E-state index in [1.807, 2.05) is 20.0 Å². The molecular formula is C12H12BrFN2O. The minimum Gasteiger partial charge on any atom is -0.486 e. The number of rotatable bonds is 3. The van der Waals surface area contributed by atoms with Crippen molar-refractivity contribution in [2.75, 3.05) is 0 Å². The Hall–Kier alpha value is -1.36. The minimum atomic E-state index is -0.291. The van der Waals surface area contributed by atoms with Gasteiger partial charge in [-0.15, -0.1) is 0 Å². The number of halogens is 2. The molecule has 0 radical (unpaired) electrons. The van der Waals surface area contributed by atoms with E-state index in [4.69, 9.17) is 4.74 Å². The van der Waals surface area contributed by atoms with E-state index >= 15 is 0 Å². The van der Waals surface area contributed by atoms with Crippen LogP contribution in [0.4, 0.5) is 4.39 Å². The van der Waals surface area contributed by atoms with Crippen LogP contribution in [-0.2, 0) is 13.7 Å². The average molecular weight is 299 g/mol. The second-order valence-corrected chi connectivity index (χ2v) is 4.62. The van der Waals surface area contributed by atoms with Crippen LogP contribution in [0, 0.1) is 12.7 Å². The first-order chi connectivity index (χ1) is 8.06. The highest BCUT2D eigenvalue weighted by Crippen LogP contribution is 2.26. The van der Waals surface area contributed by atoms with Crippen LogP contribution >= 0.6 is 15.9 Å². The Labute approximate surface area is 107 Å². The molecule has 17 heavy (non-hydrogen) atoms. The molecule has 0 amide bonds. The molecule has 1 aromatic heterocycles. The zero-order chi connectivity index (χ0) is 12.4. The first-order valence-corrected chi connectivity index (χ1v) is 5.93. The highest BCUT2D eigenvalue weighted by atomic mass is 79.9. The second-order valence-electron chi connectivity index (χ2n) is 3.76. The maximum Gasteiger partial charge on any atom is 0.134 e. The van der Waals surface area contributed by atoms with Gasteiger partial charge in [0.15, 0.2) is 0 Å². The van der Waals surface area contributed by atoms with Gasteiger partial charge in [0, 0.05) is 7.05 Å². The summed E-state index contributed by atoms with van der Waals surface area (Å²) in [5.41, 5.74) is 1.92. The van der Waals surface area contributed by atoms with Gasteiger partial charge in [-0.2, -0.15) is 5.10 Å². The third-order valence-electron chi connectivity index (χ3n) is 2.37. The van der Waals surface area contributed by atoms with Gasteiger partial charge < -0.3 is 4.74 Å². The molecule has 0 aliphatic rings. The van der Waals surface area contributed by atoms with E-state index in [1.54, 1.807) is 10.7 Å². The number of ether oxygens (including phenoxy) is 1. The molecule has 0 bridgehead atoms. The van der Waals surface area contributed by atoms with E-state index in [9.17, 15) is 4.39 Å². The van der Waals surface area contributed by atoms with Crippen molar-refractivity contribution in [3.05, 3.63) is 45.9 Å². The van der Waals surface area contributed by atoms with Crippen LogP contribution in [0.2, 0.25) is 0 Å². The molecule has 2 rings (SSSR count). The number of hydrogen-bond acceptors (Lipinski definition) is 2. The van der Waals surface area contributed by atoms with Crippen molar-refractivity contribution in [1.82, 2.24) is 9.78 Å². The number of benzene rings is 1. The fourth-order valence-electron chi connectivity index (χ4n) is 1.54. The minimum absolute atomic E-state index is 0.291. The van der Waals surface area contributed by atoms with E-state index in [1.165, 1.54) is 12.1 Å². The fourth-order valence-corrected chi connectivity index (χ4v) is 2.01. The molecule has 0 spiro atoms. The molecule has 1 heterocycles. The lowest BCUT2D eigenvalue weighted by molar-refractivity contribution is 0.292. The van der Waals surface area contributed by atoms with Gasteiger partial charge in [-0.3, -0.25) is 4.68 Å². The normalized spacial score (nSPS) is 10.6. The number of aryl methyl sites for hydroxylation is 2. The topological polar surface area (TPSA) is 27.1 Å². The Morgan fingerprint density at radius 3 is 2.76 bits per heavy atom. The Morgan fingerprint density at radius 1 is 1.41 bits per heavy atom. The molecule has 0 saturated heterocycles. The van der Waals surface area contributed by atoms with Crippen molar-refractivity contribution >= 4 is 15.9 Å². The molecule has 0 aliphatic heterocycles. The third kappa shape index (κ3) is 2.85. The number of aromatic nitrogens is 2. The molecule has 0 fully saturated rings. The van der Waals surface area contributed by atoms with Crippen LogP contribution in [0.25, 0.3) is 0 Å². The summed E-state index contributed by atoms with van der Waals surface area (Å²) < 4.78 is 20.9. The zero-order valence-corrected chi connectivity index (χ0v) is 11.2. The molecule has 1 aromatic carbocycles. The van der Waals surface area contributed by atoms with Crippen LogP contribution in [0.3, 0.4) is 0 Å². The summed E-state index contributed by atoms with van der Waals surface area (Å²) in [4.78, 5) is 0. The van der Waals surface area contributed by atoms with Gasteiger partial charge in [-0.25, -0.2) is 4.39 Å². The van der Waals surface area contributed by atoms with Gasteiger partial charge >= 0.3 is 0 Å². The quantitative estimate of drug-likeness (QED) is 0.870. The lowest BCUT2D eigenvalue weighted by Gasteiger charge is -2.08. The lowest BCUT2D eigenvalue weighted by Crippen LogP contribution is -2.03. The Kier molecular flexibility index (Phi) is 3.47. The van der Waals surface area contributed by atoms with Crippen molar-refractivity contribution in [2.45, 2.75) is 13.5 Å². The Bertz CT molecular complexity index is 539. The van der Waals surface area contributed by atoms with Gasteiger partial charge in [-0.05, 0) is 47.1 Å².